The van der Waals surface area contributed by atoms with Crippen LogP contribution in [0.5, 0.6) is 0 Å². The molecule has 0 spiro atoms. The van der Waals surface area contributed by atoms with Crippen LogP contribution in [-0.4, -0.2) is 13.1 Å². The maximum absolute atomic E-state index is 5.82. The fraction of sp³-hybridized carbons (Fsp3) is 0.273. The topological polar surface area (TPSA) is 12.0 Å². The molecule has 2 heteroatoms. The molecule has 0 aromatic heterocycles. The molecule has 0 fully saturated rings. The summed E-state index contributed by atoms with van der Waals surface area (Å²) >= 11 is 5.82. The molecule has 0 saturated carbocycles. The zero-order chi connectivity index (χ0) is 9.10. The van der Waals surface area contributed by atoms with Crippen LogP contribution in [0.15, 0.2) is 30.3 Å². The van der Waals surface area contributed by atoms with Gasteiger partial charge in [0.15, 0.2) is 0 Å². The molecule has 68 valence electrons. The lowest BCUT2D eigenvalue weighted by Gasteiger charge is -2.14. The zero-order valence-electron chi connectivity index (χ0n) is 7.39. The SMILES string of the molecule is Clc1ccc(C2=CCCNC2)cc1. The highest BCUT2D eigenvalue weighted by Gasteiger charge is 2.04. The van der Waals surface area contributed by atoms with E-state index in [1.807, 2.05) is 12.1 Å². The third kappa shape index (κ3) is 2.11. The van der Waals surface area contributed by atoms with Crippen molar-refractivity contribution in [3.05, 3.63) is 40.9 Å². The van der Waals surface area contributed by atoms with E-state index < -0.39 is 0 Å². The van der Waals surface area contributed by atoms with Gasteiger partial charge in [0.1, 0.15) is 0 Å². The number of nitrogens with one attached hydrogen (secondary N) is 1. The van der Waals surface area contributed by atoms with Gasteiger partial charge in [-0.3, -0.25) is 0 Å². The van der Waals surface area contributed by atoms with Crippen molar-refractivity contribution in [2.45, 2.75) is 6.42 Å². The fourth-order valence-electron chi connectivity index (χ4n) is 1.53. The van der Waals surface area contributed by atoms with Gasteiger partial charge < -0.3 is 5.32 Å². The minimum Gasteiger partial charge on any atom is -0.312 e. The zero-order valence-corrected chi connectivity index (χ0v) is 8.14. The maximum atomic E-state index is 5.82. The second-order valence-corrected chi connectivity index (χ2v) is 3.64. The van der Waals surface area contributed by atoms with Gasteiger partial charge in [-0.05, 0) is 36.2 Å². The average molecular weight is 194 g/mol. The van der Waals surface area contributed by atoms with Gasteiger partial charge in [-0.2, -0.15) is 0 Å². The normalized spacial score (nSPS) is 16.8. The van der Waals surface area contributed by atoms with E-state index in [1.54, 1.807) is 0 Å². The number of hydrogen-bond acceptors (Lipinski definition) is 1. The van der Waals surface area contributed by atoms with Crippen molar-refractivity contribution in [1.29, 1.82) is 0 Å². The van der Waals surface area contributed by atoms with Crippen LogP contribution in [0, 0.1) is 0 Å². The van der Waals surface area contributed by atoms with Crippen molar-refractivity contribution in [1.82, 2.24) is 5.32 Å². The predicted molar refractivity (Wildman–Crippen MR) is 56.9 cm³/mol. The van der Waals surface area contributed by atoms with E-state index >= 15 is 0 Å². The molecule has 1 aliphatic heterocycles. The third-order valence-corrected chi connectivity index (χ3v) is 2.49. The van der Waals surface area contributed by atoms with Gasteiger partial charge in [0.25, 0.3) is 0 Å². The van der Waals surface area contributed by atoms with Gasteiger partial charge >= 0.3 is 0 Å². The number of benzene rings is 1. The largest absolute Gasteiger partial charge is 0.312 e. The van der Waals surface area contributed by atoms with Gasteiger partial charge in [0, 0.05) is 11.6 Å². The molecular formula is C11H12ClN. The van der Waals surface area contributed by atoms with Crippen LogP contribution in [0.2, 0.25) is 5.02 Å². The molecule has 1 aliphatic rings. The Balaban J connectivity index is 2.24. The van der Waals surface area contributed by atoms with E-state index in [-0.39, 0.29) is 0 Å². The van der Waals surface area contributed by atoms with E-state index in [2.05, 4.69) is 23.5 Å². The Morgan fingerprint density at radius 1 is 1.15 bits per heavy atom. The van der Waals surface area contributed by atoms with Gasteiger partial charge in [-0.25, -0.2) is 0 Å². The molecule has 0 amide bonds. The van der Waals surface area contributed by atoms with Crippen LogP contribution in [0.4, 0.5) is 0 Å². The summed E-state index contributed by atoms with van der Waals surface area (Å²) in [5.41, 5.74) is 2.65. The molecule has 0 atom stereocenters. The first-order valence-corrected chi connectivity index (χ1v) is 4.90. The monoisotopic (exact) mass is 193 g/mol. The first-order chi connectivity index (χ1) is 6.36. The quantitative estimate of drug-likeness (QED) is 0.723. The minimum absolute atomic E-state index is 0.799. The van der Waals surface area contributed by atoms with E-state index in [1.165, 1.54) is 11.1 Å². The molecule has 1 aromatic carbocycles. The maximum Gasteiger partial charge on any atom is 0.0406 e. The van der Waals surface area contributed by atoms with E-state index in [9.17, 15) is 0 Å². The van der Waals surface area contributed by atoms with E-state index in [0.29, 0.717) is 0 Å². The summed E-state index contributed by atoms with van der Waals surface area (Å²) < 4.78 is 0. The Kier molecular flexibility index (Phi) is 2.67. The van der Waals surface area contributed by atoms with Crippen molar-refractivity contribution in [3.63, 3.8) is 0 Å². The second-order valence-electron chi connectivity index (χ2n) is 3.20. The van der Waals surface area contributed by atoms with Crippen LogP contribution in [0.3, 0.4) is 0 Å². The number of halogens is 1. The Hall–Kier alpha value is -0.790. The Bertz CT molecular complexity index is 313. The highest BCUT2D eigenvalue weighted by atomic mass is 35.5. The highest BCUT2D eigenvalue weighted by Crippen LogP contribution is 2.18. The second kappa shape index (κ2) is 3.95. The molecule has 1 aromatic rings. The smallest absolute Gasteiger partial charge is 0.0406 e. The Labute approximate surface area is 83.4 Å². The molecule has 0 unspecified atom stereocenters. The van der Waals surface area contributed by atoms with Crippen LogP contribution >= 0.6 is 11.6 Å². The molecular weight excluding hydrogens is 182 g/mol. The van der Waals surface area contributed by atoms with E-state index in [0.717, 1.165) is 24.5 Å². The van der Waals surface area contributed by atoms with Crippen molar-refractivity contribution >= 4 is 17.2 Å². The molecule has 0 bridgehead atoms. The summed E-state index contributed by atoms with van der Waals surface area (Å²) in [4.78, 5) is 0. The molecule has 13 heavy (non-hydrogen) atoms. The molecule has 1 N–H and O–H groups in total. The average Bonchev–Trinajstić information content (AvgIpc) is 2.20. The van der Waals surface area contributed by atoms with Gasteiger partial charge in [-0.15, -0.1) is 0 Å². The summed E-state index contributed by atoms with van der Waals surface area (Å²) in [6.45, 7) is 2.07. The highest BCUT2D eigenvalue weighted by molar-refractivity contribution is 6.30. The lowest BCUT2D eigenvalue weighted by Crippen LogP contribution is -2.21. The Morgan fingerprint density at radius 2 is 1.92 bits per heavy atom. The lowest BCUT2D eigenvalue weighted by atomic mass is 10.0. The van der Waals surface area contributed by atoms with Gasteiger partial charge in [0.2, 0.25) is 0 Å². The first kappa shape index (κ1) is 8.79. The molecule has 0 aliphatic carbocycles. The lowest BCUT2D eigenvalue weighted by molar-refractivity contribution is 0.739. The summed E-state index contributed by atoms with van der Waals surface area (Å²) in [5.74, 6) is 0. The summed E-state index contributed by atoms with van der Waals surface area (Å²) in [6.07, 6.45) is 3.41. The van der Waals surface area contributed by atoms with Crippen LogP contribution in [0.1, 0.15) is 12.0 Å². The standard InChI is InChI=1S/C11H12ClN/c12-11-5-3-9(4-6-11)10-2-1-7-13-8-10/h2-6,13H,1,7-8H2. The van der Waals surface area contributed by atoms with Crippen LogP contribution in [0.25, 0.3) is 5.57 Å². The van der Waals surface area contributed by atoms with Crippen molar-refractivity contribution < 1.29 is 0 Å². The van der Waals surface area contributed by atoms with Crippen molar-refractivity contribution in [2.75, 3.05) is 13.1 Å². The Morgan fingerprint density at radius 3 is 2.54 bits per heavy atom. The summed E-state index contributed by atoms with van der Waals surface area (Å²) in [5, 5.41) is 4.15. The molecule has 1 heterocycles. The molecule has 1 nitrogen and oxygen atoms in total. The van der Waals surface area contributed by atoms with Gasteiger partial charge in [-0.1, -0.05) is 29.8 Å². The van der Waals surface area contributed by atoms with Crippen molar-refractivity contribution in [2.24, 2.45) is 0 Å². The summed E-state index contributed by atoms with van der Waals surface area (Å²) in [7, 11) is 0. The molecule has 0 radical (unpaired) electrons. The van der Waals surface area contributed by atoms with E-state index in [4.69, 9.17) is 11.6 Å². The van der Waals surface area contributed by atoms with Crippen molar-refractivity contribution in [3.8, 4) is 0 Å². The number of rotatable bonds is 1. The predicted octanol–water partition coefficient (Wildman–Crippen LogP) is 2.72. The van der Waals surface area contributed by atoms with Gasteiger partial charge in [0.05, 0.1) is 0 Å². The van der Waals surface area contributed by atoms with Crippen LogP contribution < -0.4 is 5.32 Å². The number of hydrogen-bond donors (Lipinski definition) is 1. The fourth-order valence-corrected chi connectivity index (χ4v) is 1.65. The molecule has 2 rings (SSSR count). The summed E-state index contributed by atoms with van der Waals surface area (Å²) in [6, 6.07) is 8.01. The third-order valence-electron chi connectivity index (χ3n) is 2.24. The molecule has 0 saturated heterocycles. The van der Waals surface area contributed by atoms with Crippen LogP contribution in [-0.2, 0) is 0 Å². The minimum atomic E-state index is 0.799. The first-order valence-electron chi connectivity index (χ1n) is 4.52.